The van der Waals surface area contributed by atoms with Gasteiger partial charge in [-0.25, -0.2) is 4.98 Å². The maximum absolute atomic E-state index is 12.5. The molecule has 1 aromatic heterocycles. The van der Waals surface area contributed by atoms with Crippen LogP contribution in [0.2, 0.25) is 0 Å². The predicted octanol–water partition coefficient (Wildman–Crippen LogP) is 2.06. The number of carbonyl (C=O) groups is 1. The van der Waals surface area contributed by atoms with E-state index in [0.717, 1.165) is 0 Å². The number of aromatic nitrogens is 1. The molecular weight excluding hydrogens is 303 g/mol. The van der Waals surface area contributed by atoms with Gasteiger partial charge in [0, 0.05) is 6.20 Å². The molecule has 3 N–H and O–H groups in total. The second-order valence-electron chi connectivity index (χ2n) is 3.49. The van der Waals surface area contributed by atoms with Crippen molar-refractivity contribution >= 4 is 27.7 Å². The quantitative estimate of drug-likeness (QED) is 0.878. The monoisotopic (exact) mass is 311 g/mol. The summed E-state index contributed by atoms with van der Waals surface area (Å²) < 4.78 is 37.8. The number of alkyl halides is 3. The Morgan fingerprint density at radius 3 is 2.59 bits per heavy atom. The highest BCUT2D eigenvalue weighted by molar-refractivity contribution is 9.10. The number of nitrogens with two attached hydrogens (primary N) is 1. The molecule has 0 fully saturated rings. The fourth-order valence-corrected chi connectivity index (χ4v) is 1.20. The SMILES string of the molecule is CC(N)(C(=O)Nc1ncccc1Br)C(F)(F)F. The molecule has 1 heterocycles. The average Bonchev–Trinajstić information content (AvgIpc) is 2.19. The number of anilines is 1. The van der Waals surface area contributed by atoms with Crippen LogP contribution < -0.4 is 11.1 Å². The minimum Gasteiger partial charge on any atom is -0.310 e. The summed E-state index contributed by atoms with van der Waals surface area (Å²) in [7, 11) is 0. The predicted molar refractivity (Wildman–Crippen MR) is 59.2 cm³/mol. The molecule has 1 unspecified atom stereocenters. The summed E-state index contributed by atoms with van der Waals surface area (Å²) in [5, 5.41) is 2.02. The number of rotatable bonds is 2. The highest BCUT2D eigenvalue weighted by Gasteiger charge is 2.54. The Kier molecular flexibility index (Phi) is 3.78. The average molecular weight is 312 g/mol. The van der Waals surface area contributed by atoms with Crippen molar-refractivity contribution in [2.45, 2.75) is 18.6 Å². The first-order valence-electron chi connectivity index (χ1n) is 4.44. The van der Waals surface area contributed by atoms with E-state index < -0.39 is 17.6 Å². The standard InChI is InChI=1S/C9H9BrF3N3O/c1-8(14,9(11,12)13)7(17)16-6-5(10)3-2-4-15-6/h2-4H,14H2,1H3,(H,15,16,17). The van der Waals surface area contributed by atoms with Crippen molar-refractivity contribution in [1.29, 1.82) is 0 Å². The minimum absolute atomic E-state index is 0.0153. The van der Waals surface area contributed by atoms with Gasteiger partial charge in [0.25, 0.3) is 5.91 Å². The van der Waals surface area contributed by atoms with Gasteiger partial charge < -0.3 is 11.1 Å². The lowest BCUT2D eigenvalue weighted by molar-refractivity contribution is -0.184. The molecule has 17 heavy (non-hydrogen) atoms. The summed E-state index contributed by atoms with van der Waals surface area (Å²) in [5.74, 6) is -1.39. The maximum Gasteiger partial charge on any atom is 0.415 e. The molecule has 0 spiro atoms. The maximum atomic E-state index is 12.5. The Morgan fingerprint density at radius 2 is 2.12 bits per heavy atom. The topological polar surface area (TPSA) is 68.0 Å². The lowest BCUT2D eigenvalue weighted by Crippen LogP contribution is -2.59. The summed E-state index contributed by atoms with van der Waals surface area (Å²) in [5.41, 5.74) is 1.99. The van der Waals surface area contributed by atoms with Crippen LogP contribution in [0.25, 0.3) is 0 Å². The van der Waals surface area contributed by atoms with Gasteiger partial charge in [0.05, 0.1) is 4.47 Å². The van der Waals surface area contributed by atoms with Crippen LogP contribution in [-0.2, 0) is 4.79 Å². The van der Waals surface area contributed by atoms with Gasteiger partial charge >= 0.3 is 6.18 Å². The van der Waals surface area contributed by atoms with Crippen LogP contribution in [0, 0.1) is 0 Å². The molecule has 1 amide bonds. The van der Waals surface area contributed by atoms with Gasteiger partial charge in [-0.05, 0) is 35.0 Å². The van der Waals surface area contributed by atoms with Crippen molar-refractivity contribution in [2.75, 3.05) is 5.32 Å². The molecule has 1 atom stereocenters. The summed E-state index contributed by atoms with van der Waals surface area (Å²) >= 11 is 3.04. The molecule has 0 aliphatic rings. The van der Waals surface area contributed by atoms with E-state index in [-0.39, 0.29) is 5.82 Å². The first-order valence-corrected chi connectivity index (χ1v) is 5.23. The van der Waals surface area contributed by atoms with Crippen LogP contribution in [-0.4, -0.2) is 22.6 Å². The zero-order valence-corrected chi connectivity index (χ0v) is 10.3. The fourth-order valence-electron chi connectivity index (χ4n) is 0.844. The van der Waals surface area contributed by atoms with Gasteiger partial charge in [0.1, 0.15) is 5.82 Å². The minimum atomic E-state index is -4.83. The molecule has 0 radical (unpaired) electrons. The van der Waals surface area contributed by atoms with Gasteiger partial charge in [-0.2, -0.15) is 13.2 Å². The van der Waals surface area contributed by atoms with E-state index in [1.54, 1.807) is 6.07 Å². The Labute approximate surface area is 104 Å². The van der Waals surface area contributed by atoms with E-state index in [2.05, 4.69) is 20.9 Å². The molecule has 94 valence electrons. The van der Waals surface area contributed by atoms with Crippen molar-refractivity contribution in [3.8, 4) is 0 Å². The van der Waals surface area contributed by atoms with E-state index in [4.69, 9.17) is 5.73 Å². The number of hydrogen-bond acceptors (Lipinski definition) is 3. The third-order valence-electron chi connectivity index (χ3n) is 2.05. The Bertz CT molecular complexity index is 434. The van der Waals surface area contributed by atoms with Crippen LogP contribution in [0.4, 0.5) is 19.0 Å². The van der Waals surface area contributed by atoms with Crippen molar-refractivity contribution < 1.29 is 18.0 Å². The lowest BCUT2D eigenvalue weighted by Gasteiger charge is -2.25. The zero-order valence-electron chi connectivity index (χ0n) is 8.68. The van der Waals surface area contributed by atoms with Crippen LogP contribution in [0.1, 0.15) is 6.92 Å². The smallest absolute Gasteiger partial charge is 0.310 e. The summed E-state index contributed by atoms with van der Waals surface area (Å²) in [6.45, 7) is 0.596. The second-order valence-corrected chi connectivity index (χ2v) is 4.34. The second kappa shape index (κ2) is 4.61. The van der Waals surface area contributed by atoms with E-state index >= 15 is 0 Å². The summed E-state index contributed by atoms with van der Waals surface area (Å²) in [4.78, 5) is 15.1. The van der Waals surface area contributed by atoms with Crippen molar-refractivity contribution in [3.05, 3.63) is 22.8 Å². The number of hydrogen-bond donors (Lipinski definition) is 2. The number of amides is 1. The molecule has 8 heteroatoms. The number of nitrogens with zero attached hydrogens (tertiary/aromatic N) is 1. The van der Waals surface area contributed by atoms with Gasteiger partial charge in [-0.1, -0.05) is 0 Å². The van der Waals surface area contributed by atoms with Gasteiger partial charge in [0.2, 0.25) is 0 Å². The Morgan fingerprint density at radius 1 is 1.53 bits per heavy atom. The molecular formula is C9H9BrF3N3O. The number of pyridine rings is 1. The molecule has 4 nitrogen and oxygen atoms in total. The number of nitrogens with one attached hydrogen (secondary N) is 1. The van der Waals surface area contributed by atoms with Crippen LogP contribution in [0.5, 0.6) is 0 Å². The molecule has 0 aliphatic heterocycles. The molecule has 0 saturated carbocycles. The van der Waals surface area contributed by atoms with Crippen LogP contribution in [0.3, 0.4) is 0 Å². The van der Waals surface area contributed by atoms with E-state index in [9.17, 15) is 18.0 Å². The van der Waals surface area contributed by atoms with Gasteiger partial charge in [-0.3, -0.25) is 4.79 Å². The number of carbonyl (C=O) groups excluding carboxylic acids is 1. The Balaban J connectivity index is 2.91. The fraction of sp³-hybridized carbons (Fsp3) is 0.333. The molecule has 0 bridgehead atoms. The largest absolute Gasteiger partial charge is 0.415 e. The highest BCUT2D eigenvalue weighted by Crippen LogP contribution is 2.29. The van der Waals surface area contributed by atoms with Gasteiger partial charge in [0.15, 0.2) is 5.54 Å². The van der Waals surface area contributed by atoms with Crippen molar-refractivity contribution in [1.82, 2.24) is 4.98 Å². The lowest BCUT2D eigenvalue weighted by atomic mass is 10.0. The third kappa shape index (κ3) is 2.95. The molecule has 0 saturated heterocycles. The van der Waals surface area contributed by atoms with E-state index in [0.29, 0.717) is 11.4 Å². The van der Waals surface area contributed by atoms with Crippen molar-refractivity contribution in [3.63, 3.8) is 0 Å². The first-order chi connectivity index (χ1) is 7.66. The zero-order chi connectivity index (χ0) is 13.3. The van der Waals surface area contributed by atoms with Crippen LogP contribution >= 0.6 is 15.9 Å². The Hall–Kier alpha value is -1.15. The molecule has 1 rings (SSSR count). The first kappa shape index (κ1) is 13.9. The molecule has 0 aliphatic carbocycles. The van der Waals surface area contributed by atoms with E-state index in [1.165, 1.54) is 12.3 Å². The van der Waals surface area contributed by atoms with Crippen LogP contribution in [0.15, 0.2) is 22.8 Å². The normalized spacial score (nSPS) is 15.2. The summed E-state index contributed by atoms with van der Waals surface area (Å²) in [6, 6.07) is 3.09. The van der Waals surface area contributed by atoms with E-state index in [1.807, 2.05) is 5.32 Å². The third-order valence-corrected chi connectivity index (χ3v) is 2.69. The highest BCUT2D eigenvalue weighted by atomic mass is 79.9. The number of halogens is 4. The molecule has 1 aromatic rings. The van der Waals surface area contributed by atoms with Crippen molar-refractivity contribution in [2.24, 2.45) is 5.73 Å². The summed E-state index contributed by atoms with van der Waals surface area (Å²) in [6.07, 6.45) is -3.50. The van der Waals surface area contributed by atoms with Gasteiger partial charge in [-0.15, -0.1) is 0 Å². The molecule has 0 aromatic carbocycles.